The third kappa shape index (κ3) is 5.82. The Labute approximate surface area is 191 Å². The van der Waals surface area contributed by atoms with Crippen LogP contribution in [0.3, 0.4) is 0 Å². The fraction of sp³-hybridized carbons (Fsp3) is 0.375. The zero-order valence-electron chi connectivity index (χ0n) is 18.2. The third-order valence-corrected chi connectivity index (χ3v) is 6.08. The number of carbonyl (C=O) groups excluding carboxylic acids is 2. The van der Waals surface area contributed by atoms with Gasteiger partial charge in [0.05, 0.1) is 6.42 Å². The van der Waals surface area contributed by atoms with E-state index < -0.39 is 30.1 Å². The van der Waals surface area contributed by atoms with E-state index in [1.54, 1.807) is 18.7 Å². The Morgan fingerprint density at radius 3 is 2.19 bits per heavy atom. The van der Waals surface area contributed by atoms with Crippen molar-refractivity contribution in [3.05, 3.63) is 59.7 Å². The number of fused-ring (bicyclic) bond motifs is 3. The lowest BCUT2D eigenvalue weighted by Gasteiger charge is -2.21. The first-order valence-corrected chi connectivity index (χ1v) is 11.9. The summed E-state index contributed by atoms with van der Waals surface area (Å²) in [5, 5.41) is 14.2. The molecule has 0 saturated heterocycles. The summed E-state index contributed by atoms with van der Waals surface area (Å²) in [6.07, 6.45) is 1.47. The van der Waals surface area contributed by atoms with Crippen molar-refractivity contribution in [1.82, 2.24) is 10.6 Å². The van der Waals surface area contributed by atoms with Gasteiger partial charge in [0, 0.05) is 12.0 Å². The van der Waals surface area contributed by atoms with Crippen molar-refractivity contribution in [1.29, 1.82) is 0 Å². The average Bonchev–Trinajstić information content (AvgIpc) is 3.08. The van der Waals surface area contributed by atoms with Gasteiger partial charge in [-0.3, -0.25) is 9.59 Å². The number of carboxylic acid groups (broad SMARTS) is 1. The van der Waals surface area contributed by atoms with Crippen LogP contribution in [0, 0.1) is 0 Å². The number of ether oxygens (including phenoxy) is 1. The summed E-state index contributed by atoms with van der Waals surface area (Å²) in [5.74, 6) is -0.818. The van der Waals surface area contributed by atoms with E-state index in [4.69, 9.17) is 9.84 Å². The number of nitrogens with one attached hydrogen (secondary N) is 2. The van der Waals surface area contributed by atoms with Gasteiger partial charge in [-0.1, -0.05) is 48.5 Å². The van der Waals surface area contributed by atoms with Crippen LogP contribution in [0.5, 0.6) is 0 Å². The number of carbonyl (C=O) groups is 3. The molecule has 7 nitrogen and oxygen atoms in total. The Kier molecular flexibility index (Phi) is 8.16. The van der Waals surface area contributed by atoms with Crippen molar-refractivity contribution in [3.8, 4) is 11.1 Å². The minimum absolute atomic E-state index is 0.0674. The highest BCUT2D eigenvalue weighted by Crippen LogP contribution is 2.44. The Balaban J connectivity index is 1.63. The second-order valence-electron chi connectivity index (χ2n) is 7.81. The molecule has 2 atom stereocenters. The number of carboxylic acids is 1. The van der Waals surface area contributed by atoms with Crippen LogP contribution in [0.2, 0.25) is 0 Å². The zero-order valence-corrected chi connectivity index (χ0v) is 19.0. The first-order valence-electron chi connectivity index (χ1n) is 10.5. The molecular weight excluding hydrogens is 428 g/mol. The van der Waals surface area contributed by atoms with Crippen molar-refractivity contribution in [2.75, 3.05) is 18.6 Å². The molecule has 32 heavy (non-hydrogen) atoms. The lowest BCUT2D eigenvalue weighted by molar-refractivity contribution is -0.137. The van der Waals surface area contributed by atoms with E-state index in [2.05, 4.69) is 22.8 Å². The van der Waals surface area contributed by atoms with E-state index in [1.807, 2.05) is 42.7 Å². The molecule has 0 spiro atoms. The molecule has 3 N–H and O–H groups in total. The van der Waals surface area contributed by atoms with Gasteiger partial charge in [0.1, 0.15) is 12.6 Å². The van der Waals surface area contributed by atoms with E-state index in [-0.39, 0.29) is 18.9 Å². The number of benzene rings is 2. The van der Waals surface area contributed by atoms with E-state index in [1.165, 1.54) is 0 Å². The summed E-state index contributed by atoms with van der Waals surface area (Å²) < 4.78 is 5.54. The van der Waals surface area contributed by atoms with Crippen molar-refractivity contribution in [2.45, 2.75) is 37.8 Å². The lowest BCUT2D eigenvalue weighted by atomic mass is 9.98. The first-order chi connectivity index (χ1) is 15.4. The van der Waals surface area contributed by atoms with E-state index in [0.717, 1.165) is 22.3 Å². The Morgan fingerprint density at radius 2 is 1.62 bits per heavy atom. The molecule has 2 aromatic carbocycles. The van der Waals surface area contributed by atoms with Crippen LogP contribution >= 0.6 is 11.8 Å². The van der Waals surface area contributed by atoms with Gasteiger partial charge in [-0.05, 0) is 47.6 Å². The van der Waals surface area contributed by atoms with Crippen LogP contribution < -0.4 is 10.6 Å². The summed E-state index contributed by atoms with van der Waals surface area (Å²) in [4.78, 5) is 36.0. The van der Waals surface area contributed by atoms with Gasteiger partial charge >= 0.3 is 12.1 Å². The number of alkyl carbamates (subject to hydrolysis) is 1. The molecule has 0 aromatic heterocycles. The normalized spacial score (nSPS) is 14.1. The standard InChI is InChI=1S/C24H28N2O5S/c1-15(13-22(27)28)25-23(29)21(11-12-32-2)26-24(30)31-14-20-18-9-5-3-7-16(18)17-8-4-6-10-19(17)20/h3-10,15,20-21H,11-14H2,1-2H3,(H,25,29)(H,26,30)(H,27,28)/t15-,21?/m0/s1. The smallest absolute Gasteiger partial charge is 0.407 e. The quantitative estimate of drug-likeness (QED) is 0.504. The SMILES string of the molecule is CSCCC(NC(=O)OCC1c2ccccc2-c2ccccc21)C(=O)N[C@@H](C)CC(=O)O. The van der Waals surface area contributed by atoms with Crippen LogP contribution in [-0.2, 0) is 14.3 Å². The molecule has 0 saturated carbocycles. The summed E-state index contributed by atoms with van der Waals surface area (Å²) in [7, 11) is 0. The van der Waals surface area contributed by atoms with Crippen LogP contribution in [0.1, 0.15) is 36.8 Å². The summed E-state index contributed by atoms with van der Waals surface area (Å²) in [6.45, 7) is 1.77. The highest BCUT2D eigenvalue weighted by molar-refractivity contribution is 7.98. The third-order valence-electron chi connectivity index (χ3n) is 5.43. The molecule has 2 aromatic rings. The minimum atomic E-state index is -0.997. The Morgan fingerprint density at radius 1 is 1.03 bits per heavy atom. The highest BCUT2D eigenvalue weighted by Gasteiger charge is 2.30. The van der Waals surface area contributed by atoms with Crippen LogP contribution in [0.4, 0.5) is 4.79 Å². The van der Waals surface area contributed by atoms with Gasteiger partial charge in [-0.15, -0.1) is 0 Å². The van der Waals surface area contributed by atoms with Crippen molar-refractivity contribution in [3.63, 3.8) is 0 Å². The number of aliphatic carboxylic acids is 1. The fourth-order valence-electron chi connectivity index (χ4n) is 3.94. The molecule has 1 aliphatic rings. The van der Waals surface area contributed by atoms with Gasteiger partial charge in [0.25, 0.3) is 0 Å². The summed E-state index contributed by atoms with van der Waals surface area (Å²) >= 11 is 1.56. The number of thioether (sulfide) groups is 1. The lowest BCUT2D eigenvalue weighted by Crippen LogP contribution is -2.49. The fourth-order valence-corrected chi connectivity index (χ4v) is 4.41. The van der Waals surface area contributed by atoms with Crippen molar-refractivity contribution >= 4 is 29.7 Å². The van der Waals surface area contributed by atoms with Crippen molar-refractivity contribution < 1.29 is 24.2 Å². The van der Waals surface area contributed by atoms with Gasteiger partial charge in [0.2, 0.25) is 5.91 Å². The minimum Gasteiger partial charge on any atom is -0.481 e. The van der Waals surface area contributed by atoms with Gasteiger partial charge in [-0.25, -0.2) is 4.79 Å². The van der Waals surface area contributed by atoms with Crippen LogP contribution in [0.25, 0.3) is 11.1 Å². The molecule has 0 aliphatic heterocycles. The largest absolute Gasteiger partial charge is 0.481 e. The van der Waals surface area contributed by atoms with E-state index in [9.17, 15) is 14.4 Å². The maximum absolute atomic E-state index is 12.6. The molecule has 1 aliphatic carbocycles. The highest BCUT2D eigenvalue weighted by atomic mass is 32.2. The van der Waals surface area contributed by atoms with Gasteiger partial charge in [0.15, 0.2) is 0 Å². The second-order valence-corrected chi connectivity index (χ2v) is 8.80. The molecule has 0 radical (unpaired) electrons. The average molecular weight is 457 g/mol. The second kappa shape index (κ2) is 11.0. The maximum atomic E-state index is 12.6. The monoisotopic (exact) mass is 456 g/mol. The van der Waals surface area contributed by atoms with Crippen LogP contribution in [-0.4, -0.2) is 53.8 Å². The molecule has 1 unspecified atom stereocenters. The van der Waals surface area contributed by atoms with Gasteiger partial charge in [-0.2, -0.15) is 11.8 Å². The van der Waals surface area contributed by atoms with Crippen LogP contribution in [0.15, 0.2) is 48.5 Å². The molecule has 2 amide bonds. The molecular formula is C24H28N2O5S. The Hall–Kier alpha value is -3.00. The van der Waals surface area contributed by atoms with Gasteiger partial charge < -0.3 is 20.5 Å². The van der Waals surface area contributed by atoms with E-state index in [0.29, 0.717) is 12.2 Å². The molecule has 0 bridgehead atoms. The molecule has 0 fully saturated rings. The Bertz CT molecular complexity index is 935. The predicted molar refractivity (Wildman–Crippen MR) is 125 cm³/mol. The summed E-state index contributed by atoms with van der Waals surface area (Å²) in [5.41, 5.74) is 4.50. The zero-order chi connectivity index (χ0) is 23.1. The predicted octanol–water partition coefficient (Wildman–Crippen LogP) is 3.63. The molecule has 3 rings (SSSR count). The number of rotatable bonds is 10. The van der Waals surface area contributed by atoms with E-state index >= 15 is 0 Å². The molecule has 170 valence electrons. The number of amides is 2. The molecule has 8 heteroatoms. The molecule has 0 heterocycles. The number of hydrogen-bond acceptors (Lipinski definition) is 5. The first kappa shape index (κ1) is 23.7. The van der Waals surface area contributed by atoms with Crippen molar-refractivity contribution in [2.24, 2.45) is 0 Å². The summed E-state index contributed by atoms with van der Waals surface area (Å²) in [6, 6.07) is 14.8. The number of hydrogen-bond donors (Lipinski definition) is 3. The maximum Gasteiger partial charge on any atom is 0.407 e. The topological polar surface area (TPSA) is 105 Å².